The summed E-state index contributed by atoms with van der Waals surface area (Å²) in [5.74, 6) is -6.26. The third-order valence-electron chi connectivity index (χ3n) is 12.8. The van der Waals surface area contributed by atoms with Gasteiger partial charge in [-0.2, -0.15) is 0 Å². The molecule has 0 saturated heterocycles. The summed E-state index contributed by atoms with van der Waals surface area (Å²) < 4.78 is 4.83. The van der Waals surface area contributed by atoms with Gasteiger partial charge in [-0.1, -0.05) is 245 Å². The number of esters is 1. The van der Waals surface area contributed by atoms with Crippen molar-refractivity contribution in [1.82, 2.24) is 0 Å². The maximum Gasteiger partial charge on any atom is 0.349 e. The lowest BCUT2D eigenvalue weighted by molar-refractivity contribution is -0.186. The van der Waals surface area contributed by atoms with Crippen LogP contribution in [0, 0.1) is 0 Å². The second-order valence-corrected chi connectivity index (χ2v) is 20.4. The Morgan fingerprint density at radius 1 is 0.338 bits per heavy atom. The molecule has 74 heavy (non-hydrogen) atoms. The number of nitrogens with two attached hydrogens (primary N) is 3. The molecular formula is C60H115N3O11. The van der Waals surface area contributed by atoms with E-state index in [0.29, 0.717) is 25.7 Å². The van der Waals surface area contributed by atoms with Crippen LogP contribution in [0.25, 0.3) is 0 Å². The van der Waals surface area contributed by atoms with Crippen LogP contribution in [0.5, 0.6) is 0 Å². The first kappa shape index (κ1) is 76.5. The van der Waals surface area contributed by atoms with Crippen LogP contribution in [0.2, 0.25) is 0 Å². The van der Waals surface area contributed by atoms with E-state index in [9.17, 15) is 38.7 Å². The molecule has 0 fully saturated rings. The van der Waals surface area contributed by atoms with Gasteiger partial charge in [0.15, 0.2) is 0 Å². The Labute approximate surface area is 451 Å². The number of primary amides is 3. The van der Waals surface area contributed by atoms with Gasteiger partial charge >= 0.3 is 23.9 Å². The summed E-state index contributed by atoms with van der Waals surface area (Å²) in [6, 6.07) is 0. The first-order chi connectivity index (χ1) is 35.5. The molecule has 9 N–H and O–H groups in total. The molecule has 3 amide bonds. The minimum atomic E-state index is -2.59. The van der Waals surface area contributed by atoms with E-state index in [2.05, 4.69) is 39.8 Å². The molecular weight excluding hydrogens is 939 g/mol. The van der Waals surface area contributed by atoms with Crippen molar-refractivity contribution in [2.24, 2.45) is 17.2 Å². The highest BCUT2D eigenvalue weighted by Crippen LogP contribution is 2.24. The molecule has 0 aliphatic carbocycles. The highest BCUT2D eigenvalue weighted by Gasteiger charge is 2.47. The van der Waals surface area contributed by atoms with E-state index < -0.39 is 42.3 Å². The number of carboxylic acids is 3. The van der Waals surface area contributed by atoms with Crippen molar-refractivity contribution in [3.63, 3.8) is 0 Å². The second-order valence-electron chi connectivity index (χ2n) is 20.4. The molecule has 0 aliphatic heterocycles. The van der Waals surface area contributed by atoms with Crippen molar-refractivity contribution in [3.8, 4) is 0 Å². The molecule has 0 bridgehead atoms. The number of carbonyl (C=O) groups excluding carboxylic acids is 4. The number of allylic oxidation sites excluding steroid dienone is 2. The second kappa shape index (κ2) is 61.6. The average molecular weight is 1050 g/mol. The largest absolute Gasteiger partial charge is 0.481 e. The molecule has 0 unspecified atom stereocenters. The predicted octanol–water partition coefficient (Wildman–Crippen LogP) is 15.5. The van der Waals surface area contributed by atoms with Gasteiger partial charge in [0.2, 0.25) is 23.3 Å². The molecule has 14 nitrogen and oxygen atoms in total. The van der Waals surface area contributed by atoms with E-state index in [0.717, 1.165) is 77.0 Å². The monoisotopic (exact) mass is 1050 g/mol. The van der Waals surface area contributed by atoms with Gasteiger partial charge in [-0.15, -0.1) is 0 Å². The Bertz CT molecular complexity index is 1260. The van der Waals surface area contributed by atoms with E-state index in [1.54, 1.807) is 0 Å². The Hall–Kier alpha value is -3.97. The zero-order chi connectivity index (χ0) is 56.2. The third-order valence-corrected chi connectivity index (χ3v) is 12.8. The predicted molar refractivity (Wildman–Crippen MR) is 304 cm³/mol. The maximum absolute atomic E-state index is 12.0. The van der Waals surface area contributed by atoms with Crippen molar-refractivity contribution < 1.29 is 53.6 Å². The first-order valence-corrected chi connectivity index (χ1v) is 29.9. The molecule has 0 radical (unpaired) electrons. The van der Waals surface area contributed by atoms with Crippen molar-refractivity contribution in [2.45, 2.75) is 329 Å². The van der Waals surface area contributed by atoms with E-state index in [1.807, 2.05) is 0 Å². The molecule has 0 saturated carbocycles. The zero-order valence-corrected chi connectivity index (χ0v) is 48.0. The average Bonchev–Trinajstić information content (AvgIpc) is 3.33. The smallest absolute Gasteiger partial charge is 0.349 e. The number of hydrogen-bond donors (Lipinski definition) is 6. The van der Waals surface area contributed by atoms with Crippen molar-refractivity contribution >= 4 is 41.6 Å². The number of amides is 3. The van der Waals surface area contributed by atoms with Gasteiger partial charge in [-0.25, -0.2) is 4.79 Å². The van der Waals surface area contributed by atoms with Gasteiger partial charge in [-0.3, -0.25) is 28.8 Å². The van der Waals surface area contributed by atoms with Crippen LogP contribution in [0.15, 0.2) is 12.2 Å². The topological polar surface area (TPSA) is 267 Å². The minimum Gasteiger partial charge on any atom is -0.481 e. The molecule has 0 aromatic carbocycles. The van der Waals surface area contributed by atoms with E-state index in [-0.39, 0.29) is 24.1 Å². The quantitative estimate of drug-likeness (QED) is 0.0189. The summed E-state index contributed by atoms with van der Waals surface area (Å²) >= 11 is 0. The molecule has 0 spiro atoms. The summed E-state index contributed by atoms with van der Waals surface area (Å²) in [7, 11) is 0. The number of carbonyl (C=O) groups is 7. The zero-order valence-electron chi connectivity index (χ0n) is 48.0. The Kier molecular flexibility index (Phi) is 63.7. The molecule has 0 atom stereocenters. The fourth-order valence-corrected chi connectivity index (χ4v) is 8.26. The standard InChI is InChI=1S/C24H40O8.3C12H25NO/c1-2-3-4-5-6-7-8-9-10-11-12-13-14-15-16-17-22(29)32-24(23(30)31,18-20(25)26)19-21(27)28;3*1-2-3-4-5-6-7-8-9-10-11-12(13)14/h9-10H,2-8,11-19H2,1H3,(H,25,26)(H,27,28)(H,30,31);3*2-11H2,1H3,(H2,13,14)/b10-9-;;;. The third kappa shape index (κ3) is 68.0. The maximum atomic E-state index is 12.0. The van der Waals surface area contributed by atoms with Gasteiger partial charge in [0, 0.05) is 25.7 Å². The van der Waals surface area contributed by atoms with Gasteiger partial charge < -0.3 is 37.3 Å². The summed E-state index contributed by atoms with van der Waals surface area (Å²) in [5, 5.41) is 27.0. The summed E-state index contributed by atoms with van der Waals surface area (Å²) in [6.45, 7) is 8.94. The number of unbranched alkanes of at least 4 members (excludes halogenated alkanes) is 35. The van der Waals surface area contributed by atoms with Crippen LogP contribution in [0.1, 0.15) is 323 Å². The molecule has 14 heteroatoms. The molecule has 0 aliphatic rings. The summed E-state index contributed by atoms with van der Waals surface area (Å²) in [5.41, 5.74) is 12.6. The fourth-order valence-electron chi connectivity index (χ4n) is 8.26. The normalized spacial score (nSPS) is 10.9. The minimum absolute atomic E-state index is 0.0770. The summed E-state index contributed by atoms with van der Waals surface area (Å²) in [6.07, 6.45) is 52.7. The first-order valence-electron chi connectivity index (χ1n) is 29.9. The van der Waals surface area contributed by atoms with Gasteiger partial charge in [0.25, 0.3) is 0 Å². The van der Waals surface area contributed by atoms with E-state index in [4.69, 9.17) is 32.2 Å². The lowest BCUT2D eigenvalue weighted by Crippen LogP contribution is -2.47. The van der Waals surface area contributed by atoms with Crippen LogP contribution in [-0.4, -0.2) is 62.5 Å². The van der Waals surface area contributed by atoms with Crippen LogP contribution < -0.4 is 17.2 Å². The van der Waals surface area contributed by atoms with Crippen molar-refractivity contribution in [2.75, 3.05) is 0 Å². The highest BCUT2D eigenvalue weighted by molar-refractivity contribution is 5.90. The van der Waals surface area contributed by atoms with E-state index in [1.165, 1.54) is 173 Å². The van der Waals surface area contributed by atoms with Crippen molar-refractivity contribution in [1.29, 1.82) is 0 Å². The van der Waals surface area contributed by atoms with Gasteiger partial charge in [-0.05, 0) is 51.4 Å². The van der Waals surface area contributed by atoms with Crippen LogP contribution in [0.4, 0.5) is 0 Å². The lowest BCUT2D eigenvalue weighted by Gasteiger charge is -2.26. The van der Waals surface area contributed by atoms with Crippen LogP contribution in [-0.2, 0) is 38.3 Å². The summed E-state index contributed by atoms with van der Waals surface area (Å²) in [4.78, 5) is 76.6. The Morgan fingerprint density at radius 2 is 0.554 bits per heavy atom. The van der Waals surface area contributed by atoms with Crippen molar-refractivity contribution in [3.05, 3.63) is 12.2 Å². The van der Waals surface area contributed by atoms with E-state index >= 15 is 0 Å². The van der Waals surface area contributed by atoms with Gasteiger partial charge in [0.05, 0.1) is 12.8 Å². The number of carboxylic acid groups (broad SMARTS) is 3. The molecule has 0 heterocycles. The molecule has 0 rings (SSSR count). The van der Waals surface area contributed by atoms with Crippen LogP contribution in [0.3, 0.4) is 0 Å². The highest BCUT2D eigenvalue weighted by atomic mass is 16.6. The SMILES string of the molecule is CCCCCCCC/C=C\CCCCCCCC(=O)OC(CC(=O)O)(CC(=O)O)C(=O)O.CCCCCCCCCCCC(N)=O.CCCCCCCCCCCC(N)=O.CCCCCCCCCCCC(N)=O. The molecule has 436 valence electrons. The molecule has 0 aromatic heterocycles. The fraction of sp³-hybridized carbons (Fsp3) is 0.850. The lowest BCUT2D eigenvalue weighted by atomic mass is 9.95. The Morgan fingerprint density at radius 3 is 0.770 bits per heavy atom. The number of aliphatic carboxylic acids is 3. The number of hydrogen-bond acceptors (Lipinski definition) is 8. The van der Waals surface area contributed by atoms with Crippen LogP contribution >= 0.6 is 0 Å². The Balaban J connectivity index is -0.000000486. The number of ether oxygens (including phenoxy) is 1. The van der Waals surface area contributed by atoms with Gasteiger partial charge in [0.1, 0.15) is 0 Å². The number of rotatable bonds is 51. The molecule has 0 aromatic rings.